The monoisotopic (exact) mass is 420 g/mol. The van der Waals surface area contributed by atoms with Gasteiger partial charge in [-0.1, -0.05) is 0 Å². The molecule has 0 spiro atoms. The number of rotatable bonds is 1. The summed E-state index contributed by atoms with van der Waals surface area (Å²) in [5, 5.41) is 44.7. The molecule has 6 nitrogen and oxygen atoms in total. The smallest absolute Gasteiger partial charge is 1.00 e. The molecule has 1 aliphatic rings. The summed E-state index contributed by atoms with van der Waals surface area (Å²) in [6.07, 6.45) is -7.04. The summed E-state index contributed by atoms with van der Waals surface area (Å²) in [5.41, 5.74) is 0. The molecular formula is C6H22Na10O6. The van der Waals surface area contributed by atoms with Crippen LogP contribution in [0.15, 0.2) is 0 Å². The maximum absolute atomic E-state index is 9.12. The number of aliphatic hydroxyl groups is 5. The van der Waals surface area contributed by atoms with Crippen LogP contribution in [0, 0.1) is 0 Å². The summed E-state index contributed by atoms with van der Waals surface area (Å²) >= 11 is 0. The fourth-order valence-corrected chi connectivity index (χ4v) is 1.08. The second-order valence-electron chi connectivity index (χ2n) is 2.72. The van der Waals surface area contributed by atoms with Crippen LogP contribution in [0.25, 0.3) is 0 Å². The Hall–Kier alpha value is 9.76. The van der Waals surface area contributed by atoms with Gasteiger partial charge in [-0.2, -0.15) is 0 Å². The van der Waals surface area contributed by atoms with Gasteiger partial charge in [0.15, 0.2) is 6.29 Å². The first-order chi connectivity index (χ1) is 5.57. The second-order valence-corrected chi connectivity index (χ2v) is 2.72. The zero-order valence-electron chi connectivity index (χ0n) is 26.2. The number of aliphatic hydroxyl groups excluding tert-OH is 5. The summed E-state index contributed by atoms with van der Waals surface area (Å²) in [6.45, 7) is -0.526. The minimum Gasteiger partial charge on any atom is -1.00 e. The van der Waals surface area contributed by atoms with Gasteiger partial charge in [-0.25, -0.2) is 0 Å². The van der Waals surface area contributed by atoms with Crippen molar-refractivity contribution in [3.63, 3.8) is 0 Å². The molecule has 1 saturated heterocycles. The van der Waals surface area contributed by atoms with E-state index >= 15 is 0 Å². The first kappa shape index (κ1) is 63.5. The van der Waals surface area contributed by atoms with E-state index in [1.165, 1.54) is 0 Å². The molecule has 1 rings (SSSR count). The van der Waals surface area contributed by atoms with Crippen molar-refractivity contribution in [2.45, 2.75) is 30.7 Å². The van der Waals surface area contributed by atoms with Gasteiger partial charge in [0, 0.05) is 0 Å². The van der Waals surface area contributed by atoms with Crippen LogP contribution in [0.4, 0.5) is 0 Å². The third kappa shape index (κ3) is 24.4. The van der Waals surface area contributed by atoms with Gasteiger partial charge in [0.2, 0.25) is 0 Å². The van der Waals surface area contributed by atoms with E-state index in [-0.39, 0.29) is 310 Å². The van der Waals surface area contributed by atoms with Crippen molar-refractivity contribution in [2.75, 3.05) is 6.61 Å². The van der Waals surface area contributed by atoms with Gasteiger partial charge in [-0.15, -0.1) is 0 Å². The standard InChI is InChI=1S/C6H12O6.10Na.10H/c7-1-2-3(8)4(9)5(10)6(11)12-2;;;;;;;;;;;;;;;;;;;;/h2-11H,1H2;;;;;;;;;;;;;;;;;;;;/q;10*+1;10*-1/t2-,3-,4+,5-,6?;;;;;;;;;;;;;;;;;;;;/m1..................../s1. The molecule has 1 unspecified atom stereocenters. The molecule has 0 radical (unpaired) electrons. The predicted octanol–water partition coefficient (Wildman–Crippen LogP) is -32.1. The molecule has 0 aromatic rings. The Labute approximate surface area is 368 Å². The van der Waals surface area contributed by atoms with Gasteiger partial charge < -0.3 is 44.5 Å². The summed E-state index contributed by atoms with van der Waals surface area (Å²) in [6, 6.07) is 0. The summed E-state index contributed by atoms with van der Waals surface area (Å²) < 4.78 is 4.58. The van der Waals surface area contributed by atoms with E-state index in [9.17, 15) is 0 Å². The zero-order valence-corrected chi connectivity index (χ0v) is 36.2. The molecule has 0 saturated carbocycles. The van der Waals surface area contributed by atoms with Crippen molar-refractivity contribution in [1.82, 2.24) is 0 Å². The molecule has 22 heavy (non-hydrogen) atoms. The molecule has 5 atom stereocenters. The predicted molar refractivity (Wildman–Crippen MR) is 47.1 cm³/mol. The average molecular weight is 420 g/mol. The van der Waals surface area contributed by atoms with Crippen molar-refractivity contribution in [1.29, 1.82) is 0 Å². The number of ether oxygens (including phenoxy) is 1. The van der Waals surface area contributed by atoms with Gasteiger partial charge in [0.05, 0.1) is 6.61 Å². The quantitative estimate of drug-likeness (QED) is 0.270. The summed E-state index contributed by atoms with van der Waals surface area (Å²) in [4.78, 5) is 0. The Morgan fingerprint density at radius 2 is 0.909 bits per heavy atom. The van der Waals surface area contributed by atoms with Crippen LogP contribution < -0.4 is 296 Å². The molecule has 1 heterocycles. The molecule has 0 aromatic carbocycles. The van der Waals surface area contributed by atoms with E-state index in [1.54, 1.807) is 0 Å². The van der Waals surface area contributed by atoms with Crippen LogP contribution >= 0.6 is 0 Å². The van der Waals surface area contributed by atoms with Crippen LogP contribution in [0.2, 0.25) is 0 Å². The van der Waals surface area contributed by atoms with Crippen LogP contribution in [0.3, 0.4) is 0 Å². The van der Waals surface area contributed by atoms with Crippen molar-refractivity contribution in [3.05, 3.63) is 0 Å². The molecule has 1 fully saturated rings. The Morgan fingerprint density at radius 3 is 1.18 bits per heavy atom. The van der Waals surface area contributed by atoms with Crippen molar-refractivity contribution < 1.29 is 340 Å². The Kier molecular flexibility index (Phi) is 110. The van der Waals surface area contributed by atoms with E-state index in [1.807, 2.05) is 0 Å². The molecule has 0 aromatic heterocycles. The van der Waals surface area contributed by atoms with E-state index in [4.69, 9.17) is 25.5 Å². The van der Waals surface area contributed by atoms with Crippen LogP contribution in [-0.4, -0.2) is 62.8 Å². The van der Waals surface area contributed by atoms with E-state index in [2.05, 4.69) is 4.74 Å². The van der Waals surface area contributed by atoms with Gasteiger partial charge >= 0.3 is 296 Å². The summed E-state index contributed by atoms with van der Waals surface area (Å²) in [5.74, 6) is 0. The number of hydrogen-bond acceptors (Lipinski definition) is 6. The largest absolute Gasteiger partial charge is 1.00 e. The fraction of sp³-hybridized carbons (Fsp3) is 1.00. The van der Waals surface area contributed by atoms with E-state index in [0.29, 0.717) is 0 Å². The maximum atomic E-state index is 9.12. The molecule has 16 heteroatoms. The van der Waals surface area contributed by atoms with Gasteiger partial charge in [-0.3, -0.25) is 0 Å². The SMILES string of the molecule is OC[C@H]1OC(O)[C@H](O)[C@@H](O)[C@@H]1O.[H-].[H-].[H-].[H-].[H-].[H-].[H-].[H-].[H-].[H-].[Na+].[Na+].[Na+].[Na+].[Na+].[Na+].[Na+].[Na+].[Na+].[Na+]. The van der Waals surface area contributed by atoms with Crippen molar-refractivity contribution >= 4 is 0 Å². The first-order valence-electron chi connectivity index (χ1n) is 3.56. The van der Waals surface area contributed by atoms with Crippen LogP contribution in [0.5, 0.6) is 0 Å². The van der Waals surface area contributed by atoms with Gasteiger partial charge in [-0.05, 0) is 0 Å². The Balaban J connectivity index is -0.00000000400. The molecule has 92 valence electrons. The first-order valence-corrected chi connectivity index (χ1v) is 3.56. The number of hydrogen-bond donors (Lipinski definition) is 5. The molecular weight excluding hydrogens is 398 g/mol. The molecule has 0 aliphatic carbocycles. The van der Waals surface area contributed by atoms with Crippen molar-refractivity contribution in [2.24, 2.45) is 0 Å². The second kappa shape index (κ2) is 38.0. The topological polar surface area (TPSA) is 110 Å². The molecule has 5 N–H and O–H groups in total. The maximum Gasteiger partial charge on any atom is 1.00 e. The van der Waals surface area contributed by atoms with Gasteiger partial charge in [0.1, 0.15) is 24.4 Å². The minimum absolute atomic E-state index is 0. The van der Waals surface area contributed by atoms with Crippen LogP contribution in [0.1, 0.15) is 14.3 Å². The van der Waals surface area contributed by atoms with Crippen molar-refractivity contribution in [3.8, 4) is 0 Å². The Bertz CT molecular complexity index is 197. The van der Waals surface area contributed by atoms with Crippen LogP contribution in [-0.2, 0) is 4.74 Å². The third-order valence-electron chi connectivity index (χ3n) is 1.87. The summed E-state index contributed by atoms with van der Waals surface area (Å²) in [7, 11) is 0. The van der Waals surface area contributed by atoms with E-state index < -0.39 is 37.3 Å². The average Bonchev–Trinajstić information content (AvgIpc) is 2.08. The Morgan fingerprint density at radius 1 is 0.591 bits per heavy atom. The normalized spacial score (nSPS) is 26.9. The molecule has 0 amide bonds. The fourth-order valence-electron chi connectivity index (χ4n) is 1.08. The van der Waals surface area contributed by atoms with Gasteiger partial charge in [0.25, 0.3) is 0 Å². The van der Waals surface area contributed by atoms with E-state index in [0.717, 1.165) is 0 Å². The zero-order chi connectivity index (χ0) is 9.30. The third-order valence-corrected chi connectivity index (χ3v) is 1.87. The minimum atomic E-state index is -1.57. The molecule has 1 aliphatic heterocycles. The molecule has 0 bridgehead atoms.